The molecule has 0 fully saturated rings. The summed E-state index contributed by atoms with van der Waals surface area (Å²) in [6.07, 6.45) is -0.362. The zero-order valence-corrected chi connectivity index (χ0v) is 14.0. The molecule has 0 aliphatic rings. The molecule has 1 atom stereocenters. The Balaban J connectivity index is 2.00. The Morgan fingerprint density at radius 2 is 1.75 bits per heavy atom. The average molecular weight is 367 g/mol. The van der Waals surface area contributed by atoms with Crippen LogP contribution in [0.4, 0.5) is 0 Å². The van der Waals surface area contributed by atoms with Gasteiger partial charge < -0.3 is 20.0 Å². The number of carboxylic acids is 1. The van der Waals surface area contributed by atoms with E-state index in [4.69, 9.17) is 27.9 Å². The Morgan fingerprint density at radius 1 is 1.08 bits per heavy atom. The van der Waals surface area contributed by atoms with Crippen molar-refractivity contribution in [3.63, 3.8) is 0 Å². The van der Waals surface area contributed by atoms with Crippen molar-refractivity contribution in [2.45, 2.75) is 12.5 Å². The van der Waals surface area contributed by atoms with Gasteiger partial charge in [-0.2, -0.15) is 0 Å². The molecule has 2 rings (SSSR count). The highest BCUT2D eigenvalue weighted by Gasteiger charge is 2.16. The van der Waals surface area contributed by atoms with Gasteiger partial charge in [0.05, 0.1) is 11.1 Å². The number of rotatable bonds is 7. The lowest BCUT2D eigenvalue weighted by Crippen LogP contribution is -2.36. The van der Waals surface area contributed by atoms with Gasteiger partial charge in [-0.05, 0) is 29.8 Å². The second kappa shape index (κ2) is 8.57. The number of nitrogens with one attached hydrogen (secondary N) is 1. The number of carboxylic acid groups (broad SMARTS) is 1. The van der Waals surface area contributed by atoms with E-state index in [9.17, 15) is 14.7 Å². The summed E-state index contributed by atoms with van der Waals surface area (Å²) in [7, 11) is 0. The summed E-state index contributed by atoms with van der Waals surface area (Å²) in [5.74, 6) is -1.38. The summed E-state index contributed by atoms with van der Waals surface area (Å²) in [5.41, 5.74) is 0.606. The predicted octanol–water partition coefficient (Wildman–Crippen LogP) is 2.37. The SMILES string of the molecule is O=C([O-])C[C@@H](NC(=O)COc1ccccc1Cl)c1ccc(Cl)cc1. The zero-order valence-electron chi connectivity index (χ0n) is 12.5. The Bertz CT molecular complexity index is 719. The van der Waals surface area contributed by atoms with Crippen molar-refractivity contribution in [2.75, 3.05) is 6.61 Å². The molecule has 2 aromatic rings. The summed E-state index contributed by atoms with van der Waals surface area (Å²) < 4.78 is 5.33. The molecule has 0 aromatic heterocycles. The fourth-order valence-electron chi connectivity index (χ4n) is 2.06. The largest absolute Gasteiger partial charge is 0.550 e. The van der Waals surface area contributed by atoms with Gasteiger partial charge in [-0.25, -0.2) is 0 Å². The molecule has 0 bridgehead atoms. The molecule has 0 saturated heterocycles. The van der Waals surface area contributed by atoms with Gasteiger partial charge in [0.15, 0.2) is 6.61 Å². The van der Waals surface area contributed by atoms with Crippen LogP contribution in [0.2, 0.25) is 10.0 Å². The van der Waals surface area contributed by atoms with Crippen LogP contribution in [0.3, 0.4) is 0 Å². The third-order valence-corrected chi connectivity index (χ3v) is 3.74. The maximum absolute atomic E-state index is 12.0. The van der Waals surface area contributed by atoms with Gasteiger partial charge in [-0.15, -0.1) is 0 Å². The molecular weight excluding hydrogens is 353 g/mol. The van der Waals surface area contributed by atoms with Crippen LogP contribution in [0.1, 0.15) is 18.0 Å². The van der Waals surface area contributed by atoms with Crippen molar-refractivity contribution in [1.82, 2.24) is 5.32 Å². The normalized spacial score (nSPS) is 11.6. The fraction of sp³-hybridized carbons (Fsp3) is 0.176. The van der Waals surface area contributed by atoms with Crippen molar-refractivity contribution in [3.05, 3.63) is 64.1 Å². The Kier molecular flexibility index (Phi) is 6.46. The molecule has 1 N–H and O–H groups in total. The average Bonchev–Trinajstić information content (AvgIpc) is 2.54. The van der Waals surface area contributed by atoms with E-state index in [1.165, 1.54) is 0 Å². The highest BCUT2D eigenvalue weighted by molar-refractivity contribution is 6.32. The number of para-hydroxylation sites is 1. The van der Waals surface area contributed by atoms with Crippen LogP contribution in [-0.4, -0.2) is 18.5 Å². The van der Waals surface area contributed by atoms with Crippen molar-refractivity contribution in [3.8, 4) is 5.75 Å². The first-order valence-corrected chi connectivity index (χ1v) is 7.83. The van der Waals surface area contributed by atoms with E-state index in [1.54, 1.807) is 48.5 Å². The minimum Gasteiger partial charge on any atom is -0.550 e. The molecule has 2 aromatic carbocycles. The van der Waals surface area contributed by atoms with Crippen LogP contribution in [0.5, 0.6) is 5.75 Å². The molecule has 126 valence electrons. The first kappa shape index (κ1) is 18.1. The fourth-order valence-corrected chi connectivity index (χ4v) is 2.37. The molecule has 0 radical (unpaired) electrons. The summed E-state index contributed by atoms with van der Waals surface area (Å²) in [5, 5.41) is 14.4. The predicted molar refractivity (Wildman–Crippen MR) is 88.9 cm³/mol. The molecule has 24 heavy (non-hydrogen) atoms. The van der Waals surface area contributed by atoms with Crippen LogP contribution in [0, 0.1) is 0 Å². The maximum Gasteiger partial charge on any atom is 0.258 e. The van der Waals surface area contributed by atoms with Crippen LogP contribution < -0.4 is 15.2 Å². The quantitative estimate of drug-likeness (QED) is 0.815. The Labute approximate surface area is 149 Å². The minimum absolute atomic E-state index is 0.291. The topological polar surface area (TPSA) is 78.5 Å². The number of benzene rings is 2. The number of aliphatic carboxylic acids is 1. The van der Waals surface area contributed by atoms with Gasteiger partial charge in [0.25, 0.3) is 5.91 Å². The van der Waals surface area contributed by atoms with E-state index in [1.807, 2.05) is 0 Å². The highest BCUT2D eigenvalue weighted by atomic mass is 35.5. The van der Waals surface area contributed by atoms with Crippen molar-refractivity contribution in [1.29, 1.82) is 0 Å². The Hall–Kier alpha value is -2.24. The maximum atomic E-state index is 12.0. The summed E-state index contributed by atoms with van der Waals surface area (Å²) in [6, 6.07) is 12.5. The summed E-state index contributed by atoms with van der Waals surface area (Å²) >= 11 is 11.7. The second-order valence-corrected chi connectivity index (χ2v) is 5.81. The van der Waals surface area contributed by atoms with E-state index in [0.29, 0.717) is 21.4 Å². The van der Waals surface area contributed by atoms with E-state index in [0.717, 1.165) is 0 Å². The molecule has 0 aliphatic carbocycles. The van der Waals surface area contributed by atoms with Gasteiger partial charge in [0.2, 0.25) is 0 Å². The van der Waals surface area contributed by atoms with Crippen molar-refractivity contribution < 1.29 is 19.4 Å². The third kappa shape index (κ3) is 5.44. The van der Waals surface area contributed by atoms with Gasteiger partial charge >= 0.3 is 0 Å². The second-order valence-electron chi connectivity index (χ2n) is 4.97. The van der Waals surface area contributed by atoms with Crippen LogP contribution in [0.15, 0.2) is 48.5 Å². The molecular formula is C17H14Cl2NO4-. The summed E-state index contributed by atoms with van der Waals surface area (Å²) in [4.78, 5) is 23.0. The number of ether oxygens (including phenoxy) is 1. The zero-order chi connectivity index (χ0) is 17.5. The van der Waals surface area contributed by atoms with Gasteiger partial charge in [-0.3, -0.25) is 4.79 Å². The molecule has 0 spiro atoms. The van der Waals surface area contributed by atoms with Gasteiger partial charge in [0, 0.05) is 17.4 Å². The molecule has 0 saturated carbocycles. The third-order valence-electron chi connectivity index (χ3n) is 3.17. The number of hydrogen-bond donors (Lipinski definition) is 1. The highest BCUT2D eigenvalue weighted by Crippen LogP contribution is 2.23. The van der Waals surface area contributed by atoms with E-state index in [-0.39, 0.29) is 13.0 Å². The van der Waals surface area contributed by atoms with Crippen molar-refractivity contribution in [2.24, 2.45) is 0 Å². The first-order valence-electron chi connectivity index (χ1n) is 7.07. The lowest BCUT2D eigenvalue weighted by molar-refractivity contribution is -0.306. The molecule has 1 amide bonds. The van der Waals surface area contributed by atoms with Crippen molar-refractivity contribution >= 4 is 35.1 Å². The minimum atomic E-state index is -1.28. The number of carbonyl (C=O) groups excluding carboxylic acids is 2. The van der Waals surface area contributed by atoms with Crippen LogP contribution in [0.25, 0.3) is 0 Å². The molecule has 7 heteroatoms. The number of halogens is 2. The lowest BCUT2D eigenvalue weighted by Gasteiger charge is -2.20. The standard InChI is InChI=1S/C17H15Cl2NO4/c18-12-7-5-11(6-8-12)14(9-17(22)23)20-16(21)10-24-15-4-2-1-3-13(15)19/h1-8,14H,9-10H2,(H,20,21)(H,22,23)/p-1/t14-/m1/s1. The monoisotopic (exact) mass is 366 g/mol. The first-order chi connectivity index (χ1) is 11.5. The molecule has 0 unspecified atom stereocenters. The lowest BCUT2D eigenvalue weighted by atomic mass is 10.0. The van der Waals surface area contributed by atoms with Gasteiger partial charge in [-0.1, -0.05) is 47.5 Å². The van der Waals surface area contributed by atoms with E-state index >= 15 is 0 Å². The smallest absolute Gasteiger partial charge is 0.258 e. The van der Waals surface area contributed by atoms with Crippen LogP contribution >= 0.6 is 23.2 Å². The van der Waals surface area contributed by atoms with E-state index in [2.05, 4.69) is 5.32 Å². The molecule has 5 nitrogen and oxygen atoms in total. The molecule has 0 heterocycles. The molecule has 0 aliphatic heterocycles. The Morgan fingerprint density at radius 3 is 2.38 bits per heavy atom. The number of amides is 1. The van der Waals surface area contributed by atoms with Crippen LogP contribution in [-0.2, 0) is 9.59 Å². The van der Waals surface area contributed by atoms with E-state index < -0.39 is 17.9 Å². The number of hydrogen-bond acceptors (Lipinski definition) is 4. The van der Waals surface area contributed by atoms with Gasteiger partial charge in [0.1, 0.15) is 5.75 Å². The number of carbonyl (C=O) groups is 2. The summed E-state index contributed by atoms with van der Waals surface area (Å²) in [6.45, 7) is -0.291.